The third-order valence-corrected chi connectivity index (χ3v) is 3.45. The fraction of sp³-hybridized carbons (Fsp3) is 0.692. The second-order valence-corrected chi connectivity index (χ2v) is 4.92. The van der Waals surface area contributed by atoms with E-state index in [-0.39, 0.29) is 0 Å². The lowest BCUT2D eigenvalue weighted by atomic mass is 9.91. The Morgan fingerprint density at radius 2 is 1.71 bits per heavy atom. The van der Waals surface area contributed by atoms with Crippen LogP contribution >= 0.6 is 0 Å². The Hall–Kier alpha value is -1.16. The summed E-state index contributed by atoms with van der Waals surface area (Å²) in [6, 6.07) is 3.28. The third kappa shape index (κ3) is 3.40. The highest BCUT2D eigenvalue weighted by atomic mass is 15.0. The average Bonchev–Trinajstić information content (AvgIpc) is 2.28. The fourth-order valence-electron chi connectivity index (χ4n) is 2.53. The molecule has 0 aromatic carbocycles. The van der Waals surface area contributed by atoms with Crippen LogP contribution in [0.5, 0.6) is 0 Å². The van der Waals surface area contributed by atoms with Gasteiger partial charge >= 0.3 is 0 Å². The van der Waals surface area contributed by atoms with Crippen molar-refractivity contribution in [3.05, 3.63) is 17.6 Å². The van der Waals surface area contributed by atoms with E-state index in [1.807, 2.05) is 19.9 Å². The normalized spacial score (nSPS) is 24.6. The number of nitrogens with one attached hydrogen (secondary N) is 2. The second kappa shape index (κ2) is 5.45. The van der Waals surface area contributed by atoms with Crippen molar-refractivity contribution in [1.29, 1.82) is 0 Å². The second-order valence-electron chi connectivity index (χ2n) is 4.92. The Labute approximate surface area is 103 Å². The van der Waals surface area contributed by atoms with Gasteiger partial charge in [-0.1, -0.05) is 0 Å². The van der Waals surface area contributed by atoms with Crippen molar-refractivity contribution >= 4 is 5.82 Å². The lowest BCUT2D eigenvalue weighted by Crippen LogP contribution is -2.35. The molecule has 0 saturated heterocycles. The first-order valence-electron chi connectivity index (χ1n) is 6.43. The minimum atomic E-state index is 0.563. The number of rotatable bonds is 3. The van der Waals surface area contributed by atoms with Crippen molar-refractivity contribution < 1.29 is 0 Å². The highest BCUT2D eigenvalue weighted by Crippen LogP contribution is 2.21. The number of anilines is 1. The Morgan fingerprint density at radius 1 is 1.06 bits per heavy atom. The van der Waals surface area contributed by atoms with E-state index < -0.39 is 0 Å². The van der Waals surface area contributed by atoms with Gasteiger partial charge in [0.05, 0.1) is 0 Å². The first-order valence-corrected chi connectivity index (χ1v) is 6.43. The van der Waals surface area contributed by atoms with Gasteiger partial charge in [-0.25, -0.2) is 9.97 Å². The Balaban J connectivity index is 1.93. The minimum absolute atomic E-state index is 0.563. The van der Waals surface area contributed by atoms with Crippen molar-refractivity contribution in [2.24, 2.45) is 0 Å². The van der Waals surface area contributed by atoms with E-state index in [0.717, 1.165) is 17.3 Å². The van der Waals surface area contributed by atoms with Crippen molar-refractivity contribution in [1.82, 2.24) is 15.3 Å². The molecule has 1 aliphatic rings. The molecular weight excluding hydrogens is 212 g/mol. The molecule has 0 atom stereocenters. The van der Waals surface area contributed by atoms with Gasteiger partial charge in [-0.05, 0) is 46.6 Å². The summed E-state index contributed by atoms with van der Waals surface area (Å²) in [4.78, 5) is 8.72. The van der Waals surface area contributed by atoms with Gasteiger partial charge in [0.25, 0.3) is 0 Å². The molecule has 1 aromatic rings. The standard InChI is InChI=1S/C13H22N4/c1-9-8-13(16-10(2)15-9)17-12-6-4-11(14-3)5-7-12/h8,11-12,14H,4-7H2,1-3H3,(H,15,16,17). The molecule has 4 heteroatoms. The Bertz CT molecular complexity index is 349. The molecule has 0 unspecified atom stereocenters. The lowest BCUT2D eigenvalue weighted by molar-refractivity contribution is 0.371. The predicted molar refractivity (Wildman–Crippen MR) is 70.2 cm³/mol. The zero-order valence-corrected chi connectivity index (χ0v) is 11.0. The smallest absolute Gasteiger partial charge is 0.130 e. The number of nitrogens with zero attached hydrogens (tertiary/aromatic N) is 2. The van der Waals surface area contributed by atoms with E-state index >= 15 is 0 Å². The molecule has 17 heavy (non-hydrogen) atoms. The van der Waals surface area contributed by atoms with E-state index in [1.54, 1.807) is 0 Å². The van der Waals surface area contributed by atoms with Crippen molar-refractivity contribution in [3.63, 3.8) is 0 Å². The van der Waals surface area contributed by atoms with Gasteiger partial charge in [-0.15, -0.1) is 0 Å². The van der Waals surface area contributed by atoms with Gasteiger partial charge < -0.3 is 10.6 Å². The summed E-state index contributed by atoms with van der Waals surface area (Å²) in [6.07, 6.45) is 4.93. The largest absolute Gasteiger partial charge is 0.367 e. The SMILES string of the molecule is CNC1CCC(Nc2cc(C)nc(C)n2)CC1. The molecule has 1 heterocycles. The van der Waals surface area contributed by atoms with Gasteiger partial charge in [0.1, 0.15) is 11.6 Å². The van der Waals surface area contributed by atoms with Crippen LogP contribution in [-0.4, -0.2) is 29.1 Å². The third-order valence-electron chi connectivity index (χ3n) is 3.45. The molecular formula is C13H22N4. The summed E-state index contributed by atoms with van der Waals surface area (Å²) < 4.78 is 0. The summed E-state index contributed by atoms with van der Waals surface area (Å²) in [5.41, 5.74) is 1.03. The van der Waals surface area contributed by atoms with Crippen LogP contribution in [0.15, 0.2) is 6.07 Å². The van der Waals surface area contributed by atoms with Crippen molar-refractivity contribution in [2.45, 2.75) is 51.6 Å². The van der Waals surface area contributed by atoms with Gasteiger partial charge in [-0.2, -0.15) is 0 Å². The van der Waals surface area contributed by atoms with Gasteiger partial charge in [-0.3, -0.25) is 0 Å². The molecule has 1 saturated carbocycles. The molecule has 94 valence electrons. The zero-order valence-electron chi connectivity index (χ0n) is 11.0. The zero-order chi connectivity index (χ0) is 12.3. The van der Waals surface area contributed by atoms with Crippen molar-refractivity contribution in [2.75, 3.05) is 12.4 Å². The van der Waals surface area contributed by atoms with Crippen LogP contribution in [0.25, 0.3) is 0 Å². The first kappa shape index (κ1) is 12.3. The predicted octanol–water partition coefficient (Wildman–Crippen LogP) is 2.04. The number of aromatic nitrogens is 2. The minimum Gasteiger partial charge on any atom is -0.367 e. The van der Waals surface area contributed by atoms with Crippen LogP contribution < -0.4 is 10.6 Å². The number of aryl methyl sites for hydroxylation is 2. The molecule has 0 spiro atoms. The van der Waals surface area contributed by atoms with Crippen molar-refractivity contribution in [3.8, 4) is 0 Å². The van der Waals surface area contributed by atoms with Gasteiger partial charge in [0, 0.05) is 23.8 Å². The highest BCUT2D eigenvalue weighted by Gasteiger charge is 2.19. The van der Waals surface area contributed by atoms with Crippen LogP contribution in [0.4, 0.5) is 5.82 Å². The highest BCUT2D eigenvalue weighted by molar-refractivity contribution is 5.36. The fourth-order valence-corrected chi connectivity index (χ4v) is 2.53. The molecule has 2 N–H and O–H groups in total. The maximum absolute atomic E-state index is 4.43. The van der Waals surface area contributed by atoms with E-state index in [4.69, 9.17) is 0 Å². The van der Waals surface area contributed by atoms with Gasteiger partial charge in [0.2, 0.25) is 0 Å². The van der Waals surface area contributed by atoms with E-state index in [9.17, 15) is 0 Å². The Kier molecular flexibility index (Phi) is 3.94. The molecule has 4 nitrogen and oxygen atoms in total. The summed E-state index contributed by atoms with van der Waals surface area (Å²) in [7, 11) is 2.05. The van der Waals surface area contributed by atoms with E-state index in [2.05, 4.69) is 27.6 Å². The van der Waals surface area contributed by atoms with E-state index in [0.29, 0.717) is 12.1 Å². The van der Waals surface area contributed by atoms with Crippen LogP contribution in [-0.2, 0) is 0 Å². The summed E-state index contributed by atoms with van der Waals surface area (Å²) in [6.45, 7) is 3.95. The topological polar surface area (TPSA) is 49.8 Å². The average molecular weight is 234 g/mol. The molecule has 2 rings (SSSR count). The molecule has 0 bridgehead atoms. The summed E-state index contributed by atoms with van der Waals surface area (Å²) in [5.74, 6) is 1.82. The van der Waals surface area contributed by atoms with Gasteiger partial charge in [0.15, 0.2) is 0 Å². The quantitative estimate of drug-likeness (QED) is 0.840. The Morgan fingerprint density at radius 3 is 2.29 bits per heavy atom. The number of hydrogen-bond donors (Lipinski definition) is 2. The number of hydrogen-bond acceptors (Lipinski definition) is 4. The molecule has 1 aliphatic carbocycles. The molecule has 0 amide bonds. The monoisotopic (exact) mass is 234 g/mol. The van der Waals surface area contributed by atoms with Crippen LogP contribution in [0.1, 0.15) is 37.2 Å². The van der Waals surface area contributed by atoms with Crippen LogP contribution in [0, 0.1) is 13.8 Å². The maximum Gasteiger partial charge on any atom is 0.130 e. The summed E-state index contributed by atoms with van der Waals surface area (Å²) >= 11 is 0. The molecule has 1 aromatic heterocycles. The van der Waals surface area contributed by atoms with E-state index in [1.165, 1.54) is 25.7 Å². The van der Waals surface area contributed by atoms with Crippen LogP contribution in [0.2, 0.25) is 0 Å². The molecule has 0 aliphatic heterocycles. The summed E-state index contributed by atoms with van der Waals surface area (Å²) in [5, 5.41) is 6.88. The first-order chi connectivity index (χ1) is 8.17. The lowest BCUT2D eigenvalue weighted by Gasteiger charge is -2.29. The van der Waals surface area contributed by atoms with Crippen LogP contribution in [0.3, 0.4) is 0 Å². The molecule has 1 fully saturated rings. The molecule has 0 radical (unpaired) electrons. The maximum atomic E-state index is 4.43.